The van der Waals surface area contributed by atoms with Crippen LogP contribution in [-0.2, 0) is 9.59 Å². The molecule has 0 radical (unpaired) electrons. The van der Waals surface area contributed by atoms with Crippen molar-refractivity contribution in [3.8, 4) is 0 Å². The van der Waals surface area contributed by atoms with Crippen molar-refractivity contribution in [3.63, 3.8) is 0 Å². The fraction of sp³-hybridized carbons (Fsp3) is 0.182. The van der Waals surface area contributed by atoms with E-state index in [1.165, 1.54) is 31.2 Å². The summed E-state index contributed by atoms with van der Waals surface area (Å²) in [5.74, 6) is -1.67. The predicted octanol–water partition coefficient (Wildman–Crippen LogP) is 3.56. The molecule has 1 fully saturated rings. The summed E-state index contributed by atoms with van der Waals surface area (Å²) in [6, 6.07) is 10.8. The van der Waals surface area contributed by atoms with Gasteiger partial charge >= 0.3 is 0 Å². The van der Waals surface area contributed by atoms with E-state index in [1.807, 2.05) is 6.92 Å². The number of hydrogen-bond acceptors (Lipinski definition) is 5. The van der Waals surface area contributed by atoms with Crippen LogP contribution >= 0.6 is 11.8 Å². The minimum atomic E-state index is -0.532. The highest BCUT2D eigenvalue weighted by molar-refractivity contribution is 8.18. The van der Waals surface area contributed by atoms with Gasteiger partial charge in [-0.15, -0.1) is 0 Å². The number of carbonyl (C=O) groups excluding carboxylic acids is 4. The van der Waals surface area contributed by atoms with Gasteiger partial charge in [-0.05, 0) is 48.5 Å². The van der Waals surface area contributed by atoms with Crippen molar-refractivity contribution in [2.24, 2.45) is 0 Å². The summed E-state index contributed by atoms with van der Waals surface area (Å²) in [5, 5.41) is 4.83. The smallest absolute Gasteiger partial charge is 0.293 e. The SMILES string of the molecule is CC(=O)Nc1cc(C(=O)NCCN2C(=O)S/C(=C\c3ccccc3F)C2=O)ccc1C. The molecule has 0 aromatic heterocycles. The Morgan fingerprint density at radius 3 is 2.61 bits per heavy atom. The summed E-state index contributed by atoms with van der Waals surface area (Å²) in [7, 11) is 0. The van der Waals surface area contributed by atoms with Crippen molar-refractivity contribution in [1.82, 2.24) is 10.2 Å². The molecular formula is C22H20FN3O4S. The second-order valence-electron chi connectivity index (χ2n) is 6.82. The van der Waals surface area contributed by atoms with Crippen LogP contribution in [0.15, 0.2) is 47.4 Å². The molecule has 1 aliphatic heterocycles. The zero-order valence-corrected chi connectivity index (χ0v) is 17.7. The monoisotopic (exact) mass is 441 g/mol. The number of imide groups is 1. The number of carbonyl (C=O) groups is 4. The third-order valence-corrected chi connectivity index (χ3v) is 5.40. The molecule has 7 nitrogen and oxygen atoms in total. The topological polar surface area (TPSA) is 95.6 Å². The van der Waals surface area contributed by atoms with Crippen LogP contribution in [0.5, 0.6) is 0 Å². The number of hydrogen-bond donors (Lipinski definition) is 2. The number of anilines is 1. The van der Waals surface area contributed by atoms with Gasteiger partial charge in [0.2, 0.25) is 5.91 Å². The van der Waals surface area contributed by atoms with Crippen LogP contribution in [0.1, 0.15) is 28.4 Å². The number of benzene rings is 2. The Bertz CT molecular complexity index is 1100. The number of halogens is 1. The van der Waals surface area contributed by atoms with Crippen LogP contribution < -0.4 is 10.6 Å². The van der Waals surface area contributed by atoms with Crippen molar-refractivity contribution in [2.75, 3.05) is 18.4 Å². The predicted molar refractivity (Wildman–Crippen MR) is 117 cm³/mol. The molecule has 1 heterocycles. The van der Waals surface area contributed by atoms with Gasteiger partial charge in [0, 0.05) is 36.8 Å². The molecule has 0 saturated carbocycles. The van der Waals surface area contributed by atoms with Crippen LogP contribution in [0.4, 0.5) is 14.9 Å². The third-order valence-electron chi connectivity index (χ3n) is 4.50. The molecule has 0 aliphatic carbocycles. The summed E-state index contributed by atoms with van der Waals surface area (Å²) >= 11 is 0.729. The highest BCUT2D eigenvalue weighted by Crippen LogP contribution is 2.32. The van der Waals surface area contributed by atoms with Gasteiger partial charge in [-0.3, -0.25) is 24.1 Å². The molecule has 31 heavy (non-hydrogen) atoms. The van der Waals surface area contributed by atoms with Gasteiger partial charge in [-0.25, -0.2) is 4.39 Å². The summed E-state index contributed by atoms with van der Waals surface area (Å²) < 4.78 is 13.8. The molecule has 160 valence electrons. The Balaban J connectivity index is 1.61. The molecule has 4 amide bonds. The molecule has 1 saturated heterocycles. The first kappa shape index (κ1) is 22.2. The van der Waals surface area contributed by atoms with Crippen LogP contribution in [-0.4, -0.2) is 41.0 Å². The minimum Gasteiger partial charge on any atom is -0.350 e. The molecule has 0 bridgehead atoms. The third kappa shape index (κ3) is 5.37. The van der Waals surface area contributed by atoms with Gasteiger partial charge in [0.25, 0.3) is 17.1 Å². The standard InChI is InChI=1S/C22H20FN3O4S/c1-13-7-8-16(11-18(13)25-14(2)27)20(28)24-9-10-26-21(29)19(31-22(26)30)12-15-5-3-4-6-17(15)23/h3-8,11-12H,9-10H2,1-2H3,(H,24,28)(H,25,27)/b19-12-. The van der Waals surface area contributed by atoms with E-state index in [0.717, 1.165) is 22.2 Å². The Hall–Kier alpha value is -3.46. The number of nitrogens with one attached hydrogen (secondary N) is 2. The van der Waals surface area contributed by atoms with Gasteiger partial charge in [0.05, 0.1) is 4.91 Å². The maximum atomic E-state index is 13.8. The minimum absolute atomic E-state index is 0.0184. The number of nitrogens with zero attached hydrogens (tertiary/aromatic N) is 1. The largest absolute Gasteiger partial charge is 0.350 e. The zero-order valence-electron chi connectivity index (χ0n) is 16.9. The van der Waals surface area contributed by atoms with E-state index >= 15 is 0 Å². The normalized spacial score (nSPS) is 14.8. The van der Waals surface area contributed by atoms with E-state index in [-0.39, 0.29) is 29.5 Å². The Kier molecular flexibility index (Phi) is 6.86. The molecule has 0 atom stereocenters. The molecule has 1 aliphatic rings. The average Bonchev–Trinajstić information content (AvgIpc) is 2.98. The van der Waals surface area contributed by atoms with Crippen LogP contribution in [0, 0.1) is 12.7 Å². The summed E-state index contributed by atoms with van der Waals surface area (Å²) in [6.45, 7) is 3.22. The molecular weight excluding hydrogens is 421 g/mol. The van der Waals surface area contributed by atoms with Gasteiger partial charge in [0.15, 0.2) is 0 Å². The molecule has 0 unspecified atom stereocenters. The first-order valence-corrected chi connectivity index (χ1v) is 10.2. The van der Waals surface area contributed by atoms with Crippen molar-refractivity contribution in [3.05, 3.63) is 69.9 Å². The van der Waals surface area contributed by atoms with Crippen molar-refractivity contribution in [1.29, 1.82) is 0 Å². The number of rotatable bonds is 6. The molecule has 3 rings (SSSR count). The molecule has 2 N–H and O–H groups in total. The van der Waals surface area contributed by atoms with Crippen LogP contribution in [0.25, 0.3) is 6.08 Å². The highest BCUT2D eigenvalue weighted by Gasteiger charge is 2.34. The molecule has 2 aromatic carbocycles. The van der Waals surface area contributed by atoms with Crippen molar-refractivity contribution in [2.45, 2.75) is 13.8 Å². The van der Waals surface area contributed by atoms with Crippen molar-refractivity contribution < 1.29 is 23.6 Å². The van der Waals surface area contributed by atoms with E-state index in [0.29, 0.717) is 11.3 Å². The average molecular weight is 441 g/mol. The number of amides is 4. The zero-order chi connectivity index (χ0) is 22.5. The Morgan fingerprint density at radius 2 is 1.90 bits per heavy atom. The highest BCUT2D eigenvalue weighted by atomic mass is 32.2. The van der Waals surface area contributed by atoms with Crippen molar-refractivity contribution >= 4 is 46.5 Å². The second-order valence-corrected chi connectivity index (χ2v) is 7.81. The number of aryl methyl sites for hydroxylation is 1. The van der Waals surface area contributed by atoms with Gasteiger partial charge in [-0.1, -0.05) is 24.3 Å². The Labute approximate surface area is 182 Å². The maximum absolute atomic E-state index is 13.8. The van der Waals surface area contributed by atoms with E-state index in [9.17, 15) is 23.6 Å². The van der Waals surface area contributed by atoms with Crippen LogP contribution in [0.2, 0.25) is 0 Å². The van der Waals surface area contributed by atoms with Crippen LogP contribution in [0.3, 0.4) is 0 Å². The lowest BCUT2D eigenvalue weighted by atomic mass is 10.1. The maximum Gasteiger partial charge on any atom is 0.293 e. The van der Waals surface area contributed by atoms with E-state index in [4.69, 9.17) is 0 Å². The fourth-order valence-corrected chi connectivity index (χ4v) is 3.75. The quantitative estimate of drug-likeness (QED) is 0.669. The molecule has 2 aromatic rings. The second kappa shape index (κ2) is 9.57. The number of thioether (sulfide) groups is 1. The van der Waals surface area contributed by atoms with E-state index < -0.39 is 22.9 Å². The summed E-state index contributed by atoms with van der Waals surface area (Å²) in [6.07, 6.45) is 1.34. The van der Waals surface area contributed by atoms with E-state index in [1.54, 1.807) is 24.3 Å². The Morgan fingerprint density at radius 1 is 1.16 bits per heavy atom. The molecule has 0 spiro atoms. The fourth-order valence-electron chi connectivity index (χ4n) is 2.90. The summed E-state index contributed by atoms with van der Waals surface area (Å²) in [5.41, 5.74) is 1.90. The van der Waals surface area contributed by atoms with Gasteiger partial charge in [-0.2, -0.15) is 0 Å². The van der Waals surface area contributed by atoms with Gasteiger partial charge < -0.3 is 10.6 Å². The first-order valence-electron chi connectivity index (χ1n) is 9.42. The lowest BCUT2D eigenvalue weighted by molar-refractivity contribution is -0.122. The van der Waals surface area contributed by atoms with Gasteiger partial charge in [0.1, 0.15) is 5.82 Å². The lowest BCUT2D eigenvalue weighted by Crippen LogP contribution is -2.37. The first-order chi connectivity index (χ1) is 14.8. The summed E-state index contributed by atoms with van der Waals surface area (Å²) in [4.78, 5) is 49.5. The van der Waals surface area contributed by atoms with E-state index in [2.05, 4.69) is 10.6 Å². The molecule has 9 heteroatoms. The lowest BCUT2D eigenvalue weighted by Gasteiger charge is -2.14.